The number of primary amides is 1. The van der Waals surface area contributed by atoms with Crippen molar-refractivity contribution in [1.29, 1.82) is 0 Å². The SMILES string of the molecule is NC(=O)C1(Nc2ccc(F)cc2)CCc2c(Br)cccc21. The summed E-state index contributed by atoms with van der Waals surface area (Å²) in [7, 11) is 0. The molecular formula is C16H14BrFN2O. The standard InChI is InChI=1S/C16H14BrFN2O/c17-14-3-1-2-13-12(14)8-9-16(13,15(19)21)20-11-6-4-10(18)5-7-11/h1-7,20H,8-9H2,(H2,19,21). The van der Waals surface area contributed by atoms with Gasteiger partial charge in [0.15, 0.2) is 0 Å². The van der Waals surface area contributed by atoms with Crippen molar-refractivity contribution < 1.29 is 9.18 Å². The van der Waals surface area contributed by atoms with Gasteiger partial charge in [0.1, 0.15) is 11.4 Å². The van der Waals surface area contributed by atoms with Crippen LogP contribution in [-0.4, -0.2) is 5.91 Å². The third-order valence-corrected chi connectivity index (χ3v) is 4.69. The van der Waals surface area contributed by atoms with Gasteiger partial charge in [-0.05, 0) is 54.3 Å². The second kappa shape index (κ2) is 5.15. The van der Waals surface area contributed by atoms with E-state index in [4.69, 9.17) is 5.73 Å². The number of rotatable bonds is 3. The molecule has 3 nitrogen and oxygen atoms in total. The van der Waals surface area contributed by atoms with E-state index in [1.165, 1.54) is 12.1 Å². The number of amides is 1. The van der Waals surface area contributed by atoms with E-state index in [0.717, 1.165) is 22.0 Å². The molecular weight excluding hydrogens is 335 g/mol. The Labute approximate surface area is 130 Å². The summed E-state index contributed by atoms with van der Waals surface area (Å²) in [4.78, 5) is 12.1. The summed E-state index contributed by atoms with van der Waals surface area (Å²) < 4.78 is 14.0. The van der Waals surface area contributed by atoms with E-state index in [-0.39, 0.29) is 5.82 Å². The van der Waals surface area contributed by atoms with Crippen molar-refractivity contribution in [3.63, 3.8) is 0 Å². The van der Waals surface area contributed by atoms with E-state index in [0.29, 0.717) is 12.1 Å². The fraction of sp³-hybridized carbons (Fsp3) is 0.188. The summed E-state index contributed by atoms with van der Waals surface area (Å²) in [5, 5.41) is 3.20. The smallest absolute Gasteiger partial charge is 0.247 e. The van der Waals surface area contributed by atoms with Gasteiger partial charge in [-0.1, -0.05) is 28.1 Å². The number of benzene rings is 2. The molecule has 0 saturated carbocycles. The van der Waals surface area contributed by atoms with E-state index in [1.54, 1.807) is 12.1 Å². The summed E-state index contributed by atoms with van der Waals surface area (Å²) in [5.41, 5.74) is 7.38. The normalized spacial score (nSPS) is 20.1. The van der Waals surface area contributed by atoms with E-state index in [1.807, 2.05) is 18.2 Å². The first-order chi connectivity index (χ1) is 10.0. The average molecular weight is 349 g/mol. The van der Waals surface area contributed by atoms with Crippen molar-refractivity contribution in [3.05, 3.63) is 63.9 Å². The van der Waals surface area contributed by atoms with Crippen LogP contribution in [0, 0.1) is 5.82 Å². The second-order valence-electron chi connectivity index (χ2n) is 5.17. The van der Waals surface area contributed by atoms with Crippen LogP contribution in [-0.2, 0) is 16.8 Å². The van der Waals surface area contributed by atoms with Gasteiger partial charge in [-0.25, -0.2) is 4.39 Å². The number of carbonyl (C=O) groups is 1. The predicted octanol–water partition coefficient (Wildman–Crippen LogP) is 3.33. The number of nitrogens with two attached hydrogens (primary N) is 1. The Morgan fingerprint density at radius 2 is 1.95 bits per heavy atom. The van der Waals surface area contributed by atoms with Crippen LogP contribution in [0.15, 0.2) is 46.9 Å². The Bertz CT molecular complexity index is 702. The van der Waals surface area contributed by atoms with Crippen molar-refractivity contribution in [2.24, 2.45) is 5.73 Å². The lowest BCUT2D eigenvalue weighted by molar-refractivity contribution is -0.122. The zero-order valence-electron chi connectivity index (χ0n) is 11.2. The van der Waals surface area contributed by atoms with Crippen molar-refractivity contribution >= 4 is 27.5 Å². The fourth-order valence-electron chi connectivity index (χ4n) is 2.89. The molecule has 1 unspecified atom stereocenters. The minimum atomic E-state index is -0.947. The van der Waals surface area contributed by atoms with Crippen LogP contribution in [0.1, 0.15) is 17.5 Å². The second-order valence-corrected chi connectivity index (χ2v) is 6.02. The lowest BCUT2D eigenvalue weighted by Gasteiger charge is -2.29. The molecule has 1 atom stereocenters. The van der Waals surface area contributed by atoms with Gasteiger partial charge < -0.3 is 11.1 Å². The molecule has 108 valence electrons. The van der Waals surface area contributed by atoms with Crippen LogP contribution in [0.4, 0.5) is 10.1 Å². The summed E-state index contributed by atoms with van der Waals surface area (Å²) in [6.45, 7) is 0. The molecule has 2 aromatic carbocycles. The number of hydrogen-bond acceptors (Lipinski definition) is 2. The lowest BCUT2D eigenvalue weighted by atomic mass is 9.90. The molecule has 0 saturated heterocycles. The molecule has 0 bridgehead atoms. The molecule has 1 aliphatic rings. The maximum atomic E-state index is 13.0. The molecule has 3 N–H and O–H groups in total. The summed E-state index contributed by atoms with van der Waals surface area (Å²) in [6, 6.07) is 11.7. The number of nitrogens with one attached hydrogen (secondary N) is 1. The molecule has 0 spiro atoms. The van der Waals surface area contributed by atoms with Gasteiger partial charge >= 0.3 is 0 Å². The van der Waals surface area contributed by atoms with Crippen molar-refractivity contribution in [1.82, 2.24) is 0 Å². The third-order valence-electron chi connectivity index (χ3n) is 3.95. The zero-order valence-corrected chi connectivity index (χ0v) is 12.8. The van der Waals surface area contributed by atoms with E-state index in [9.17, 15) is 9.18 Å². The van der Waals surface area contributed by atoms with Gasteiger partial charge in [0, 0.05) is 10.2 Å². The van der Waals surface area contributed by atoms with Crippen molar-refractivity contribution in [3.8, 4) is 0 Å². The predicted molar refractivity (Wildman–Crippen MR) is 83.4 cm³/mol. The van der Waals surface area contributed by atoms with Gasteiger partial charge in [-0.2, -0.15) is 0 Å². The largest absolute Gasteiger partial charge is 0.368 e. The molecule has 0 aromatic heterocycles. The third kappa shape index (κ3) is 2.31. The van der Waals surface area contributed by atoms with Gasteiger partial charge in [-0.15, -0.1) is 0 Å². The van der Waals surface area contributed by atoms with Crippen molar-refractivity contribution in [2.75, 3.05) is 5.32 Å². The highest BCUT2D eigenvalue weighted by Gasteiger charge is 2.44. The Kier molecular flexibility index (Phi) is 3.45. The molecule has 1 amide bonds. The highest BCUT2D eigenvalue weighted by Crippen LogP contribution is 2.42. The minimum absolute atomic E-state index is 0.316. The van der Waals surface area contributed by atoms with Crippen LogP contribution in [0.25, 0.3) is 0 Å². The Hall–Kier alpha value is -1.88. The monoisotopic (exact) mass is 348 g/mol. The van der Waals surface area contributed by atoms with Gasteiger partial charge in [0.05, 0.1) is 0 Å². The van der Waals surface area contributed by atoms with Gasteiger partial charge in [0.25, 0.3) is 0 Å². The summed E-state index contributed by atoms with van der Waals surface area (Å²) in [6.07, 6.45) is 1.34. The summed E-state index contributed by atoms with van der Waals surface area (Å²) >= 11 is 3.51. The highest BCUT2D eigenvalue weighted by atomic mass is 79.9. The quantitative estimate of drug-likeness (QED) is 0.893. The Morgan fingerprint density at radius 1 is 1.24 bits per heavy atom. The summed E-state index contributed by atoms with van der Waals surface area (Å²) in [5.74, 6) is -0.744. The van der Waals surface area contributed by atoms with Crippen molar-refractivity contribution in [2.45, 2.75) is 18.4 Å². The maximum Gasteiger partial charge on any atom is 0.247 e. The molecule has 1 aliphatic carbocycles. The first-order valence-electron chi connectivity index (χ1n) is 6.64. The average Bonchev–Trinajstić information content (AvgIpc) is 2.83. The minimum Gasteiger partial charge on any atom is -0.368 e. The van der Waals surface area contributed by atoms with Crippen LogP contribution >= 0.6 is 15.9 Å². The molecule has 2 aromatic rings. The number of fused-ring (bicyclic) bond motifs is 1. The topological polar surface area (TPSA) is 55.1 Å². The van der Waals surface area contributed by atoms with E-state index >= 15 is 0 Å². The van der Waals surface area contributed by atoms with Gasteiger partial charge in [0.2, 0.25) is 5.91 Å². The molecule has 21 heavy (non-hydrogen) atoms. The number of carbonyl (C=O) groups excluding carboxylic acids is 1. The fourth-order valence-corrected chi connectivity index (χ4v) is 3.45. The molecule has 0 fully saturated rings. The first kappa shape index (κ1) is 14.1. The lowest BCUT2D eigenvalue weighted by Crippen LogP contribution is -2.46. The van der Waals surface area contributed by atoms with E-state index < -0.39 is 11.4 Å². The molecule has 5 heteroatoms. The zero-order chi connectivity index (χ0) is 15.0. The van der Waals surface area contributed by atoms with Crippen LogP contribution in [0.3, 0.4) is 0 Å². The Balaban J connectivity index is 2.06. The van der Waals surface area contributed by atoms with Crippen LogP contribution in [0.5, 0.6) is 0 Å². The number of halogens is 2. The first-order valence-corrected chi connectivity index (χ1v) is 7.44. The Morgan fingerprint density at radius 3 is 2.62 bits per heavy atom. The number of hydrogen-bond donors (Lipinski definition) is 2. The maximum absolute atomic E-state index is 13.0. The molecule has 0 aliphatic heterocycles. The highest BCUT2D eigenvalue weighted by molar-refractivity contribution is 9.10. The molecule has 3 rings (SSSR count). The van der Waals surface area contributed by atoms with Crippen LogP contribution < -0.4 is 11.1 Å². The number of anilines is 1. The molecule has 0 radical (unpaired) electrons. The van der Waals surface area contributed by atoms with Crippen LogP contribution in [0.2, 0.25) is 0 Å². The van der Waals surface area contributed by atoms with Gasteiger partial charge in [-0.3, -0.25) is 4.79 Å². The van der Waals surface area contributed by atoms with E-state index in [2.05, 4.69) is 21.2 Å². The molecule has 0 heterocycles.